The molecule has 0 atom stereocenters. The third-order valence-electron chi connectivity index (χ3n) is 7.46. The Morgan fingerprint density at radius 2 is 1.72 bits per heavy atom. The van der Waals surface area contributed by atoms with Crippen LogP contribution >= 0.6 is 0 Å². The molecule has 0 N–H and O–H groups in total. The number of hydrogen-bond acceptors (Lipinski definition) is 4. The molecule has 2 aromatic rings. The van der Waals surface area contributed by atoms with Crippen molar-refractivity contribution in [3.63, 3.8) is 0 Å². The molecule has 0 spiro atoms. The molecular weight excluding hydrogens is 401 g/mol. The third-order valence-corrected chi connectivity index (χ3v) is 7.46. The first kappa shape index (κ1) is 19.7. The van der Waals surface area contributed by atoms with E-state index in [4.69, 9.17) is 4.42 Å². The van der Waals surface area contributed by atoms with Gasteiger partial charge in [-0.25, -0.2) is 4.39 Å². The summed E-state index contributed by atoms with van der Waals surface area (Å²) in [6.07, 6.45) is 7.81. The number of rotatable bonds is 3. The van der Waals surface area contributed by atoms with Crippen molar-refractivity contribution in [2.24, 2.45) is 0 Å². The van der Waals surface area contributed by atoms with Crippen LogP contribution in [0.3, 0.4) is 0 Å². The Kier molecular flexibility index (Phi) is 4.87. The van der Waals surface area contributed by atoms with E-state index in [9.17, 15) is 4.39 Å². The Bertz CT molecular complexity index is 1200. The lowest BCUT2D eigenvalue weighted by molar-refractivity contribution is 0.0226. The molecule has 0 bridgehead atoms. The lowest BCUT2D eigenvalue weighted by atomic mass is 9.77. The highest BCUT2D eigenvalue weighted by atomic mass is 19.1. The average molecular weight is 430 g/mol. The second-order valence-electron chi connectivity index (χ2n) is 9.21. The third kappa shape index (κ3) is 3.27. The minimum Gasteiger partial charge on any atom is -0.459 e. The number of fused-ring (bicyclic) bond motifs is 2. The molecule has 1 aromatic heterocycles. The number of piperazine rings is 1. The first-order valence-corrected chi connectivity index (χ1v) is 11.8. The Hall–Kier alpha value is -2.92. The van der Waals surface area contributed by atoms with Crippen LogP contribution in [0.25, 0.3) is 22.2 Å². The average Bonchev–Trinajstić information content (AvgIpc) is 3.32. The Morgan fingerprint density at radius 3 is 2.56 bits per heavy atom. The number of pyridine rings is 1. The van der Waals surface area contributed by atoms with E-state index in [2.05, 4.69) is 45.1 Å². The van der Waals surface area contributed by atoms with Crippen molar-refractivity contribution in [1.82, 2.24) is 9.88 Å². The molecule has 2 fully saturated rings. The van der Waals surface area contributed by atoms with Crippen LogP contribution < -0.4 is 4.90 Å². The van der Waals surface area contributed by atoms with Crippen LogP contribution in [0.15, 0.2) is 65.2 Å². The van der Waals surface area contributed by atoms with Gasteiger partial charge in [-0.3, -0.25) is 9.88 Å². The minimum atomic E-state index is -0.200. The molecule has 1 saturated heterocycles. The van der Waals surface area contributed by atoms with Gasteiger partial charge in [-0.2, -0.15) is 0 Å². The topological polar surface area (TPSA) is 32.5 Å². The van der Waals surface area contributed by atoms with Gasteiger partial charge in [-0.15, -0.1) is 0 Å². The lowest BCUT2D eigenvalue weighted by Crippen LogP contribution is -2.56. The number of aromatic nitrogens is 1. The van der Waals surface area contributed by atoms with Gasteiger partial charge in [0.1, 0.15) is 17.3 Å². The van der Waals surface area contributed by atoms with E-state index in [1.807, 2.05) is 12.1 Å². The fourth-order valence-electron chi connectivity index (χ4n) is 5.83. The van der Waals surface area contributed by atoms with E-state index < -0.39 is 0 Å². The maximum absolute atomic E-state index is 14.3. The number of nitrogens with zero attached hydrogens (tertiary/aromatic N) is 3. The van der Waals surface area contributed by atoms with Crippen LogP contribution in [0.1, 0.15) is 37.9 Å². The first-order chi connectivity index (χ1) is 15.7. The van der Waals surface area contributed by atoms with Crippen molar-refractivity contribution >= 4 is 16.6 Å². The van der Waals surface area contributed by atoms with Gasteiger partial charge in [0.15, 0.2) is 0 Å². The Labute approximate surface area is 188 Å². The summed E-state index contributed by atoms with van der Waals surface area (Å²) >= 11 is 0. The van der Waals surface area contributed by atoms with Crippen LogP contribution in [0, 0.1) is 5.82 Å². The van der Waals surface area contributed by atoms with Gasteiger partial charge in [-0.1, -0.05) is 37.5 Å². The Morgan fingerprint density at radius 1 is 0.875 bits per heavy atom. The molecule has 4 aliphatic rings. The van der Waals surface area contributed by atoms with E-state index in [0.29, 0.717) is 0 Å². The second-order valence-corrected chi connectivity index (χ2v) is 9.21. The van der Waals surface area contributed by atoms with E-state index >= 15 is 0 Å². The maximum Gasteiger partial charge on any atom is 0.134 e. The van der Waals surface area contributed by atoms with Crippen LogP contribution in [-0.4, -0.2) is 36.1 Å². The van der Waals surface area contributed by atoms with E-state index in [-0.39, 0.29) is 11.4 Å². The number of anilines is 1. The van der Waals surface area contributed by atoms with Crippen molar-refractivity contribution in [3.8, 4) is 11.3 Å². The molecule has 1 saturated carbocycles. The highest BCUT2D eigenvalue weighted by Crippen LogP contribution is 2.44. The predicted octanol–water partition coefficient (Wildman–Crippen LogP) is 6.05. The summed E-state index contributed by atoms with van der Waals surface area (Å²) in [6, 6.07) is 17.6. The molecule has 0 amide bonds. The fourth-order valence-corrected chi connectivity index (χ4v) is 5.83. The fraction of sp³-hybridized carbons (Fsp3) is 0.370. The smallest absolute Gasteiger partial charge is 0.134 e. The molecule has 2 aliphatic carbocycles. The Balaban J connectivity index is 1.30. The predicted molar refractivity (Wildman–Crippen MR) is 126 cm³/mol. The molecule has 2 aliphatic heterocycles. The summed E-state index contributed by atoms with van der Waals surface area (Å²) in [5.74, 6) is 1.87. The zero-order valence-corrected chi connectivity index (χ0v) is 18.3. The van der Waals surface area contributed by atoms with Gasteiger partial charge >= 0.3 is 0 Å². The summed E-state index contributed by atoms with van der Waals surface area (Å²) in [5.41, 5.74) is 2.90. The van der Waals surface area contributed by atoms with E-state index in [0.717, 1.165) is 72.7 Å². The molecule has 0 unspecified atom stereocenters. The van der Waals surface area contributed by atoms with Crippen molar-refractivity contribution in [1.29, 1.82) is 0 Å². The van der Waals surface area contributed by atoms with Crippen molar-refractivity contribution < 1.29 is 8.81 Å². The van der Waals surface area contributed by atoms with Crippen LogP contribution in [-0.2, 0) is 5.54 Å². The number of hydrogen-bond donors (Lipinski definition) is 0. The minimum absolute atomic E-state index is 0.0436. The quantitative estimate of drug-likeness (QED) is 0.397. The number of halogens is 1. The van der Waals surface area contributed by atoms with Gasteiger partial charge in [0.05, 0.1) is 16.7 Å². The lowest BCUT2D eigenvalue weighted by Gasteiger charge is -2.49. The standard InChI is InChI=1S/C27H28FN3O/c28-22-18-21-7-5-13-29-26(21)23(19-22)30-14-16-31(17-15-30)27(11-2-1-3-12-27)25-10-9-20-6-4-8-24(20)32-25/h4-10,13,18-19H,1-3,11-12,14-17H2. The van der Waals surface area contributed by atoms with Crippen molar-refractivity contribution in [3.05, 3.63) is 72.4 Å². The van der Waals surface area contributed by atoms with E-state index in [1.165, 1.54) is 19.3 Å². The summed E-state index contributed by atoms with van der Waals surface area (Å²) < 4.78 is 20.8. The molecule has 0 radical (unpaired) electrons. The molecule has 164 valence electrons. The zero-order chi connectivity index (χ0) is 21.5. The van der Waals surface area contributed by atoms with Crippen LogP contribution in [0.5, 0.6) is 0 Å². The van der Waals surface area contributed by atoms with Gasteiger partial charge in [0.25, 0.3) is 0 Å². The maximum atomic E-state index is 14.3. The summed E-state index contributed by atoms with van der Waals surface area (Å²) in [4.78, 5) is 9.48. The largest absolute Gasteiger partial charge is 0.459 e. The summed E-state index contributed by atoms with van der Waals surface area (Å²) in [5, 5.41) is 0.857. The van der Waals surface area contributed by atoms with Crippen molar-refractivity contribution in [2.75, 3.05) is 31.1 Å². The highest BCUT2D eigenvalue weighted by molar-refractivity contribution is 5.90. The molecule has 6 rings (SSSR count). The second kappa shape index (κ2) is 7.89. The van der Waals surface area contributed by atoms with Gasteiger partial charge < -0.3 is 9.32 Å². The highest BCUT2D eigenvalue weighted by Gasteiger charge is 2.43. The SMILES string of the molecule is Fc1cc(N2CCN(C3(c4ccc5cccc-5o4)CCCCC3)CC2)c2ncccc2c1. The molecule has 5 heteroatoms. The normalized spacial score (nSPS) is 19.6. The molecule has 4 nitrogen and oxygen atoms in total. The number of benzene rings is 1. The summed E-state index contributed by atoms with van der Waals surface area (Å²) in [7, 11) is 0. The van der Waals surface area contributed by atoms with Gasteiger partial charge in [0, 0.05) is 43.3 Å². The van der Waals surface area contributed by atoms with Crippen molar-refractivity contribution in [2.45, 2.75) is 37.6 Å². The zero-order valence-electron chi connectivity index (χ0n) is 18.3. The first-order valence-electron chi connectivity index (χ1n) is 11.8. The molecule has 1 aromatic carbocycles. The monoisotopic (exact) mass is 429 g/mol. The molecule has 3 heterocycles. The van der Waals surface area contributed by atoms with Gasteiger partial charge in [0.2, 0.25) is 0 Å². The summed E-state index contributed by atoms with van der Waals surface area (Å²) in [6.45, 7) is 3.57. The van der Waals surface area contributed by atoms with E-state index in [1.54, 1.807) is 18.3 Å². The van der Waals surface area contributed by atoms with Gasteiger partial charge in [-0.05, 0) is 49.2 Å². The molecular formula is C27H28FN3O. The van der Waals surface area contributed by atoms with Crippen LogP contribution in [0.2, 0.25) is 0 Å². The van der Waals surface area contributed by atoms with Crippen LogP contribution in [0.4, 0.5) is 10.1 Å². The molecule has 32 heavy (non-hydrogen) atoms.